The largest absolute Gasteiger partial charge is 0.465 e. The minimum Gasteiger partial charge on any atom is -0.465 e. The number of halogens is 1. The van der Waals surface area contributed by atoms with E-state index in [0.717, 1.165) is 37.7 Å². The normalized spacial score (nSPS) is 15.2. The third-order valence-corrected chi connectivity index (χ3v) is 4.97. The van der Waals surface area contributed by atoms with Crippen LogP contribution in [0.25, 0.3) is 0 Å². The van der Waals surface area contributed by atoms with Crippen LogP contribution in [0.5, 0.6) is 0 Å². The molecule has 1 aliphatic heterocycles. The van der Waals surface area contributed by atoms with E-state index in [0.29, 0.717) is 17.8 Å². The number of anilines is 1. The Kier molecular flexibility index (Phi) is 7.03. The van der Waals surface area contributed by atoms with Gasteiger partial charge in [0.05, 0.1) is 24.9 Å². The highest BCUT2D eigenvalue weighted by Gasteiger charge is 2.20. The van der Waals surface area contributed by atoms with Gasteiger partial charge in [-0.15, -0.1) is 0 Å². The number of amides is 1. The summed E-state index contributed by atoms with van der Waals surface area (Å²) in [5.74, 6) is -0.606. The first-order chi connectivity index (χ1) is 13.5. The summed E-state index contributed by atoms with van der Waals surface area (Å²) < 4.78 is 4.76. The molecule has 0 aliphatic carbocycles. The molecule has 0 aromatic heterocycles. The second-order valence-electron chi connectivity index (χ2n) is 6.77. The lowest BCUT2D eigenvalue weighted by Crippen LogP contribution is -2.48. The lowest BCUT2D eigenvalue weighted by atomic mass is 10.1. The summed E-state index contributed by atoms with van der Waals surface area (Å²) in [6.07, 6.45) is 0. The first-order valence-corrected chi connectivity index (χ1v) is 9.59. The molecular formula is C21H24ClN3O3. The molecule has 6 nitrogen and oxygen atoms in total. The Morgan fingerprint density at radius 3 is 2.46 bits per heavy atom. The number of hydrogen-bond donors (Lipinski definition) is 1. The van der Waals surface area contributed by atoms with E-state index >= 15 is 0 Å². The summed E-state index contributed by atoms with van der Waals surface area (Å²) in [5, 5.41) is 3.57. The van der Waals surface area contributed by atoms with E-state index < -0.39 is 5.97 Å². The van der Waals surface area contributed by atoms with Crippen molar-refractivity contribution in [3.05, 3.63) is 64.7 Å². The van der Waals surface area contributed by atoms with Gasteiger partial charge in [-0.3, -0.25) is 14.6 Å². The number of rotatable bonds is 6. The van der Waals surface area contributed by atoms with Crippen LogP contribution in [0, 0.1) is 0 Å². The van der Waals surface area contributed by atoms with Crippen molar-refractivity contribution in [3.8, 4) is 0 Å². The van der Waals surface area contributed by atoms with Gasteiger partial charge in [0.15, 0.2) is 0 Å². The van der Waals surface area contributed by atoms with Gasteiger partial charge in [0.2, 0.25) is 5.91 Å². The Morgan fingerprint density at radius 1 is 1.04 bits per heavy atom. The summed E-state index contributed by atoms with van der Waals surface area (Å²) >= 11 is 6.05. The van der Waals surface area contributed by atoms with Crippen LogP contribution in [-0.2, 0) is 16.1 Å². The van der Waals surface area contributed by atoms with Gasteiger partial charge in [0.25, 0.3) is 0 Å². The SMILES string of the molecule is COC(=O)c1ccccc1NC(=O)CN1CCN(Cc2cccc(Cl)c2)CC1. The number of benzene rings is 2. The fraction of sp³-hybridized carbons (Fsp3) is 0.333. The molecule has 1 saturated heterocycles. The van der Waals surface area contributed by atoms with Crippen LogP contribution < -0.4 is 5.32 Å². The van der Waals surface area contributed by atoms with E-state index in [1.54, 1.807) is 24.3 Å². The molecule has 2 aromatic carbocycles. The number of esters is 1. The summed E-state index contributed by atoms with van der Waals surface area (Å²) in [5.41, 5.74) is 2.02. The van der Waals surface area contributed by atoms with Crippen LogP contribution in [0.15, 0.2) is 48.5 Å². The summed E-state index contributed by atoms with van der Waals surface area (Å²) in [6.45, 7) is 4.55. The van der Waals surface area contributed by atoms with E-state index in [1.807, 2.05) is 18.2 Å². The lowest BCUT2D eigenvalue weighted by Gasteiger charge is -2.34. The number of hydrogen-bond acceptors (Lipinski definition) is 5. The molecule has 0 unspecified atom stereocenters. The molecule has 0 bridgehead atoms. The number of carbonyl (C=O) groups is 2. The van der Waals surface area contributed by atoms with Gasteiger partial charge >= 0.3 is 5.97 Å². The molecule has 0 atom stereocenters. The summed E-state index contributed by atoms with van der Waals surface area (Å²) in [7, 11) is 1.32. The summed E-state index contributed by atoms with van der Waals surface area (Å²) in [4.78, 5) is 28.7. The van der Waals surface area contributed by atoms with Crippen molar-refractivity contribution >= 4 is 29.2 Å². The maximum atomic E-state index is 12.4. The van der Waals surface area contributed by atoms with E-state index in [-0.39, 0.29) is 5.91 Å². The van der Waals surface area contributed by atoms with Crippen LogP contribution in [-0.4, -0.2) is 61.5 Å². The molecule has 2 aromatic rings. The van der Waals surface area contributed by atoms with Crippen LogP contribution in [0.4, 0.5) is 5.69 Å². The Labute approximate surface area is 170 Å². The highest BCUT2D eigenvalue weighted by Crippen LogP contribution is 2.17. The molecule has 1 fully saturated rings. The number of para-hydroxylation sites is 1. The predicted molar refractivity (Wildman–Crippen MR) is 110 cm³/mol. The van der Waals surface area contributed by atoms with E-state index in [2.05, 4.69) is 21.2 Å². The van der Waals surface area contributed by atoms with Gasteiger partial charge in [0, 0.05) is 37.7 Å². The van der Waals surface area contributed by atoms with Crippen molar-refractivity contribution in [2.45, 2.75) is 6.54 Å². The number of nitrogens with one attached hydrogen (secondary N) is 1. The molecule has 3 rings (SSSR count). The lowest BCUT2D eigenvalue weighted by molar-refractivity contribution is -0.117. The molecule has 1 amide bonds. The Bertz CT molecular complexity index is 835. The Morgan fingerprint density at radius 2 is 1.75 bits per heavy atom. The maximum Gasteiger partial charge on any atom is 0.339 e. The number of carbonyl (C=O) groups excluding carboxylic acids is 2. The number of nitrogens with zero attached hydrogens (tertiary/aromatic N) is 2. The van der Waals surface area contributed by atoms with Crippen LogP contribution in [0.2, 0.25) is 5.02 Å². The fourth-order valence-electron chi connectivity index (χ4n) is 3.27. The van der Waals surface area contributed by atoms with Crippen molar-refractivity contribution < 1.29 is 14.3 Å². The first-order valence-electron chi connectivity index (χ1n) is 9.21. The predicted octanol–water partition coefficient (Wildman–Crippen LogP) is 2.88. The quantitative estimate of drug-likeness (QED) is 0.754. The summed E-state index contributed by atoms with van der Waals surface area (Å²) in [6, 6.07) is 14.7. The fourth-order valence-corrected chi connectivity index (χ4v) is 3.48. The smallest absolute Gasteiger partial charge is 0.339 e. The second kappa shape index (κ2) is 9.68. The molecule has 28 heavy (non-hydrogen) atoms. The monoisotopic (exact) mass is 401 g/mol. The van der Waals surface area contributed by atoms with Crippen LogP contribution in [0.1, 0.15) is 15.9 Å². The zero-order valence-electron chi connectivity index (χ0n) is 15.9. The van der Waals surface area contributed by atoms with Gasteiger partial charge in [-0.25, -0.2) is 4.79 Å². The zero-order chi connectivity index (χ0) is 19.9. The van der Waals surface area contributed by atoms with E-state index in [9.17, 15) is 9.59 Å². The number of ether oxygens (including phenoxy) is 1. The molecular weight excluding hydrogens is 378 g/mol. The molecule has 7 heteroatoms. The van der Waals surface area contributed by atoms with Crippen molar-refractivity contribution in [2.24, 2.45) is 0 Å². The molecule has 0 spiro atoms. The third kappa shape index (κ3) is 5.55. The van der Waals surface area contributed by atoms with Crippen LogP contribution >= 0.6 is 11.6 Å². The van der Waals surface area contributed by atoms with E-state index in [1.165, 1.54) is 12.7 Å². The zero-order valence-corrected chi connectivity index (χ0v) is 16.6. The first kappa shape index (κ1) is 20.3. The Balaban J connectivity index is 1.48. The molecule has 0 saturated carbocycles. The van der Waals surface area contributed by atoms with Crippen molar-refractivity contribution in [2.75, 3.05) is 45.2 Å². The minimum atomic E-state index is -0.467. The van der Waals surface area contributed by atoms with Crippen LogP contribution in [0.3, 0.4) is 0 Å². The molecule has 148 valence electrons. The van der Waals surface area contributed by atoms with Crippen molar-refractivity contribution in [1.82, 2.24) is 9.80 Å². The Hall–Kier alpha value is -2.41. The highest BCUT2D eigenvalue weighted by molar-refractivity contribution is 6.30. The average Bonchev–Trinajstić information content (AvgIpc) is 2.69. The maximum absolute atomic E-state index is 12.4. The molecule has 0 radical (unpaired) electrons. The minimum absolute atomic E-state index is 0.139. The van der Waals surface area contributed by atoms with Gasteiger partial charge in [-0.1, -0.05) is 35.9 Å². The van der Waals surface area contributed by atoms with Gasteiger partial charge in [-0.05, 0) is 29.8 Å². The standard InChI is InChI=1S/C21H24ClN3O3/c1-28-21(27)18-7-2-3-8-19(18)23-20(26)15-25-11-9-24(10-12-25)14-16-5-4-6-17(22)13-16/h2-8,13H,9-12,14-15H2,1H3,(H,23,26). The van der Waals surface area contributed by atoms with Gasteiger partial charge < -0.3 is 10.1 Å². The number of methoxy groups -OCH3 is 1. The second-order valence-corrected chi connectivity index (χ2v) is 7.20. The highest BCUT2D eigenvalue weighted by atomic mass is 35.5. The topological polar surface area (TPSA) is 61.9 Å². The van der Waals surface area contributed by atoms with Gasteiger partial charge in [-0.2, -0.15) is 0 Å². The van der Waals surface area contributed by atoms with Gasteiger partial charge in [0.1, 0.15) is 0 Å². The molecule has 1 N–H and O–H groups in total. The van der Waals surface area contributed by atoms with E-state index in [4.69, 9.17) is 16.3 Å². The average molecular weight is 402 g/mol. The van der Waals surface area contributed by atoms with Crippen molar-refractivity contribution in [3.63, 3.8) is 0 Å². The molecule has 1 heterocycles. The van der Waals surface area contributed by atoms with Crippen molar-refractivity contribution in [1.29, 1.82) is 0 Å². The number of piperazine rings is 1. The third-order valence-electron chi connectivity index (χ3n) is 4.73. The molecule has 1 aliphatic rings.